The van der Waals surface area contributed by atoms with E-state index in [0.29, 0.717) is 30.0 Å². The molecule has 0 bridgehead atoms. The number of carbonyl (C=O) groups is 1. The number of hydrogen-bond acceptors (Lipinski definition) is 4. The Labute approximate surface area is 163 Å². The largest absolute Gasteiger partial charge is 0.497 e. The van der Waals surface area contributed by atoms with Gasteiger partial charge in [0.2, 0.25) is 0 Å². The van der Waals surface area contributed by atoms with Crippen LogP contribution in [-0.2, 0) is 11.3 Å². The van der Waals surface area contributed by atoms with Gasteiger partial charge in [0.25, 0.3) is 11.5 Å². The van der Waals surface area contributed by atoms with Gasteiger partial charge in [0, 0.05) is 30.3 Å². The van der Waals surface area contributed by atoms with Crippen LogP contribution < -0.4 is 10.3 Å². The molecule has 0 saturated heterocycles. The van der Waals surface area contributed by atoms with Crippen molar-refractivity contribution >= 4 is 16.8 Å². The van der Waals surface area contributed by atoms with Crippen LogP contribution in [0.2, 0.25) is 0 Å². The van der Waals surface area contributed by atoms with Crippen LogP contribution >= 0.6 is 0 Å². The topological polar surface area (TPSA) is 71.6 Å². The summed E-state index contributed by atoms with van der Waals surface area (Å²) in [6, 6.07) is 14.7. The molecule has 0 aliphatic carbocycles. The minimum atomic E-state index is -0.192. The molecule has 0 atom stereocenters. The monoisotopic (exact) mass is 380 g/mol. The summed E-state index contributed by atoms with van der Waals surface area (Å²) in [6.45, 7) is 2.94. The van der Waals surface area contributed by atoms with Gasteiger partial charge in [-0.3, -0.25) is 9.59 Å². The molecule has 6 heteroatoms. The lowest BCUT2D eigenvalue weighted by molar-refractivity contribution is 0.0679. The Kier molecular flexibility index (Phi) is 6.11. The van der Waals surface area contributed by atoms with E-state index < -0.39 is 0 Å². The molecule has 0 fully saturated rings. The quantitative estimate of drug-likeness (QED) is 0.684. The van der Waals surface area contributed by atoms with Crippen molar-refractivity contribution in [3.8, 4) is 5.75 Å². The molecule has 1 amide bonds. The van der Waals surface area contributed by atoms with Crippen LogP contribution in [-0.4, -0.2) is 43.2 Å². The number of nitrogens with one attached hydrogen (secondary N) is 1. The van der Waals surface area contributed by atoms with Crippen LogP contribution in [0.25, 0.3) is 10.9 Å². The van der Waals surface area contributed by atoms with E-state index in [1.165, 1.54) is 0 Å². The van der Waals surface area contributed by atoms with Crippen molar-refractivity contribution in [3.05, 3.63) is 75.6 Å². The number of hydrogen-bond donors (Lipinski definition) is 1. The molecule has 0 spiro atoms. The fourth-order valence-corrected chi connectivity index (χ4v) is 3.05. The third-order valence-electron chi connectivity index (χ3n) is 4.63. The number of rotatable bonds is 7. The van der Waals surface area contributed by atoms with Gasteiger partial charge in [0.05, 0.1) is 20.3 Å². The van der Waals surface area contributed by atoms with Crippen molar-refractivity contribution in [2.75, 3.05) is 27.4 Å². The van der Waals surface area contributed by atoms with Crippen LogP contribution in [0, 0.1) is 6.92 Å². The molecule has 1 aromatic heterocycles. The van der Waals surface area contributed by atoms with Gasteiger partial charge in [-0.15, -0.1) is 0 Å². The van der Waals surface area contributed by atoms with Crippen LogP contribution in [0.15, 0.2) is 53.3 Å². The van der Waals surface area contributed by atoms with Crippen LogP contribution in [0.5, 0.6) is 5.75 Å². The number of pyridine rings is 1. The van der Waals surface area contributed by atoms with Crippen molar-refractivity contribution in [1.29, 1.82) is 0 Å². The van der Waals surface area contributed by atoms with Gasteiger partial charge >= 0.3 is 0 Å². The number of amides is 1. The minimum absolute atomic E-state index is 0.164. The number of aromatic nitrogens is 1. The van der Waals surface area contributed by atoms with E-state index in [2.05, 4.69) is 4.98 Å². The molecular weight excluding hydrogens is 356 g/mol. The van der Waals surface area contributed by atoms with E-state index in [1.807, 2.05) is 31.2 Å². The maximum Gasteiger partial charge on any atom is 0.254 e. The number of carbonyl (C=O) groups excluding carboxylic acids is 1. The van der Waals surface area contributed by atoms with E-state index in [9.17, 15) is 9.59 Å². The summed E-state index contributed by atoms with van der Waals surface area (Å²) in [5, 5.41) is 0.934. The zero-order chi connectivity index (χ0) is 20.1. The maximum absolute atomic E-state index is 13.0. The van der Waals surface area contributed by atoms with E-state index in [0.717, 1.165) is 16.5 Å². The number of ether oxygens (including phenoxy) is 2. The highest BCUT2D eigenvalue weighted by Gasteiger charge is 2.18. The molecule has 1 heterocycles. The van der Waals surface area contributed by atoms with Crippen LogP contribution in [0.3, 0.4) is 0 Å². The average Bonchev–Trinajstić information content (AvgIpc) is 2.71. The minimum Gasteiger partial charge on any atom is -0.497 e. The highest BCUT2D eigenvalue weighted by Crippen LogP contribution is 2.16. The predicted octanol–water partition coefficient (Wildman–Crippen LogP) is 3.13. The zero-order valence-electron chi connectivity index (χ0n) is 16.3. The van der Waals surface area contributed by atoms with Crippen molar-refractivity contribution in [3.63, 3.8) is 0 Å². The van der Waals surface area contributed by atoms with Crippen LogP contribution in [0.1, 0.15) is 21.5 Å². The second-order valence-corrected chi connectivity index (χ2v) is 6.66. The van der Waals surface area contributed by atoms with Crippen molar-refractivity contribution in [2.45, 2.75) is 13.5 Å². The van der Waals surface area contributed by atoms with Gasteiger partial charge in [-0.2, -0.15) is 0 Å². The first kappa shape index (κ1) is 19.6. The predicted molar refractivity (Wildman–Crippen MR) is 109 cm³/mol. The fraction of sp³-hybridized carbons (Fsp3) is 0.273. The summed E-state index contributed by atoms with van der Waals surface area (Å²) >= 11 is 0. The van der Waals surface area contributed by atoms with Gasteiger partial charge in [0.1, 0.15) is 5.75 Å². The normalized spacial score (nSPS) is 10.8. The highest BCUT2D eigenvalue weighted by atomic mass is 16.5. The van der Waals surface area contributed by atoms with Gasteiger partial charge in [-0.05, 0) is 54.3 Å². The molecule has 6 nitrogen and oxygen atoms in total. The number of H-pyrrole nitrogens is 1. The second-order valence-electron chi connectivity index (χ2n) is 6.66. The Morgan fingerprint density at radius 3 is 2.50 bits per heavy atom. The molecule has 0 radical (unpaired) electrons. The lowest BCUT2D eigenvalue weighted by Gasteiger charge is -2.22. The van der Waals surface area contributed by atoms with E-state index in [1.54, 1.807) is 43.4 Å². The van der Waals surface area contributed by atoms with E-state index in [-0.39, 0.29) is 18.0 Å². The van der Waals surface area contributed by atoms with Crippen LogP contribution in [0.4, 0.5) is 0 Å². The van der Waals surface area contributed by atoms with E-state index in [4.69, 9.17) is 9.47 Å². The molecule has 3 aromatic rings. The molecule has 28 heavy (non-hydrogen) atoms. The first-order valence-electron chi connectivity index (χ1n) is 9.06. The third-order valence-corrected chi connectivity index (χ3v) is 4.63. The lowest BCUT2D eigenvalue weighted by Crippen LogP contribution is -2.35. The van der Waals surface area contributed by atoms with Gasteiger partial charge in [-0.25, -0.2) is 0 Å². The Bertz CT molecular complexity index is 1020. The molecule has 3 rings (SSSR count). The highest BCUT2D eigenvalue weighted by molar-refractivity contribution is 5.94. The number of fused-ring (bicyclic) bond motifs is 1. The zero-order valence-corrected chi connectivity index (χ0v) is 16.3. The summed E-state index contributed by atoms with van der Waals surface area (Å²) in [5.74, 6) is 0.518. The van der Waals surface area contributed by atoms with E-state index >= 15 is 0 Å². The SMILES string of the molecule is COCCN(Cc1cc2ccc(C)cc2[nH]c1=O)C(=O)c1ccc(OC)cc1. The number of nitrogens with zero attached hydrogens (tertiary/aromatic N) is 1. The molecular formula is C22H24N2O4. The molecule has 1 N–H and O–H groups in total. The molecule has 0 saturated carbocycles. The Morgan fingerprint density at radius 1 is 1.07 bits per heavy atom. The number of methoxy groups -OCH3 is 2. The Balaban J connectivity index is 1.90. The van der Waals surface area contributed by atoms with Gasteiger partial charge < -0.3 is 19.4 Å². The van der Waals surface area contributed by atoms with Gasteiger partial charge in [-0.1, -0.05) is 12.1 Å². The molecule has 0 aliphatic rings. The summed E-state index contributed by atoms with van der Waals surface area (Å²) in [4.78, 5) is 30.1. The third kappa shape index (κ3) is 4.40. The Morgan fingerprint density at radius 2 is 1.82 bits per heavy atom. The van der Waals surface area contributed by atoms with Gasteiger partial charge in [0.15, 0.2) is 0 Å². The number of benzene rings is 2. The van der Waals surface area contributed by atoms with Crippen molar-refractivity contribution in [1.82, 2.24) is 9.88 Å². The molecule has 146 valence electrons. The molecule has 2 aromatic carbocycles. The average molecular weight is 380 g/mol. The van der Waals surface area contributed by atoms with Crippen molar-refractivity contribution < 1.29 is 14.3 Å². The smallest absolute Gasteiger partial charge is 0.254 e. The lowest BCUT2D eigenvalue weighted by atomic mass is 10.1. The maximum atomic E-state index is 13.0. The fourth-order valence-electron chi connectivity index (χ4n) is 3.05. The second kappa shape index (κ2) is 8.71. The Hall–Kier alpha value is -3.12. The standard InChI is InChI=1S/C22H24N2O4/c1-15-4-5-17-13-18(21(25)23-20(17)12-15)14-24(10-11-27-2)22(26)16-6-8-19(28-3)9-7-16/h4-9,12-13H,10-11,14H2,1-3H3,(H,23,25). The summed E-state index contributed by atoms with van der Waals surface area (Å²) in [7, 11) is 3.16. The molecule has 0 unspecified atom stereocenters. The summed E-state index contributed by atoms with van der Waals surface area (Å²) in [6.07, 6.45) is 0. The molecule has 0 aliphatic heterocycles. The first-order chi connectivity index (χ1) is 13.5. The number of aryl methyl sites for hydroxylation is 1. The summed E-state index contributed by atoms with van der Waals surface area (Å²) in [5.41, 5.74) is 2.74. The van der Waals surface area contributed by atoms with Crippen molar-refractivity contribution in [2.24, 2.45) is 0 Å². The summed E-state index contributed by atoms with van der Waals surface area (Å²) < 4.78 is 10.3. The number of aromatic amines is 1. The first-order valence-corrected chi connectivity index (χ1v) is 9.06.